The summed E-state index contributed by atoms with van der Waals surface area (Å²) in [6.45, 7) is 1.68. The van der Waals surface area contributed by atoms with Gasteiger partial charge in [-0.25, -0.2) is 0 Å². The summed E-state index contributed by atoms with van der Waals surface area (Å²) in [5.41, 5.74) is 0. The SMILES string of the molecule is Cc1noc(/C=N\O)n1. The minimum Gasteiger partial charge on any atom is -0.411 e. The van der Waals surface area contributed by atoms with Crippen molar-refractivity contribution in [2.75, 3.05) is 0 Å². The molecule has 0 bridgehead atoms. The fourth-order valence-corrected chi connectivity index (χ4v) is 0.415. The molecule has 0 unspecified atom stereocenters. The third-order valence-electron chi connectivity index (χ3n) is 0.711. The molecule has 1 rings (SSSR count). The van der Waals surface area contributed by atoms with Crippen molar-refractivity contribution in [2.45, 2.75) is 6.92 Å². The number of hydrogen-bond donors (Lipinski definition) is 1. The molecule has 0 amide bonds. The van der Waals surface area contributed by atoms with E-state index >= 15 is 0 Å². The van der Waals surface area contributed by atoms with Crippen LogP contribution in [0, 0.1) is 6.92 Å². The predicted octanol–water partition coefficient (Wildman–Crippen LogP) is 0.186. The Labute approximate surface area is 51.0 Å². The molecule has 0 atom stereocenters. The molecule has 1 heterocycles. The first-order valence-corrected chi connectivity index (χ1v) is 2.30. The molecular formula is C4H5N3O2. The normalized spacial score (nSPS) is 10.8. The Morgan fingerprint density at radius 1 is 1.78 bits per heavy atom. The molecule has 0 spiro atoms. The van der Waals surface area contributed by atoms with E-state index in [9.17, 15) is 0 Å². The standard InChI is InChI=1S/C4H5N3O2/c1-3-6-4(2-5-8)9-7-3/h2,8H,1H3/b5-2-. The first-order chi connectivity index (χ1) is 4.33. The van der Waals surface area contributed by atoms with Crippen molar-refractivity contribution in [3.05, 3.63) is 11.7 Å². The van der Waals surface area contributed by atoms with Crippen molar-refractivity contribution in [3.63, 3.8) is 0 Å². The summed E-state index contributed by atoms with van der Waals surface area (Å²) in [5.74, 6) is 0.722. The number of hydrogen-bond acceptors (Lipinski definition) is 5. The van der Waals surface area contributed by atoms with E-state index in [-0.39, 0.29) is 5.89 Å². The van der Waals surface area contributed by atoms with Gasteiger partial charge in [-0.3, -0.25) is 0 Å². The summed E-state index contributed by atoms with van der Waals surface area (Å²) in [4.78, 5) is 3.71. The molecule has 0 aliphatic rings. The number of aryl methyl sites for hydroxylation is 1. The fraction of sp³-hybridized carbons (Fsp3) is 0.250. The molecule has 1 aromatic heterocycles. The lowest BCUT2D eigenvalue weighted by atomic mass is 10.7. The van der Waals surface area contributed by atoms with Gasteiger partial charge in [0.05, 0.1) is 0 Å². The minimum atomic E-state index is 0.204. The van der Waals surface area contributed by atoms with Gasteiger partial charge in [0.25, 0.3) is 5.89 Å². The van der Waals surface area contributed by atoms with Gasteiger partial charge < -0.3 is 9.73 Å². The Morgan fingerprint density at radius 2 is 2.56 bits per heavy atom. The molecule has 5 heteroatoms. The molecule has 48 valence electrons. The average Bonchev–Trinajstić information content (AvgIpc) is 2.17. The van der Waals surface area contributed by atoms with Crippen LogP contribution in [0.4, 0.5) is 0 Å². The topological polar surface area (TPSA) is 71.5 Å². The van der Waals surface area contributed by atoms with E-state index in [1.165, 1.54) is 0 Å². The third-order valence-corrected chi connectivity index (χ3v) is 0.711. The Morgan fingerprint density at radius 3 is 3.00 bits per heavy atom. The highest BCUT2D eigenvalue weighted by Crippen LogP contribution is 1.89. The molecule has 0 saturated heterocycles. The van der Waals surface area contributed by atoms with Crippen LogP contribution in [0.1, 0.15) is 11.7 Å². The summed E-state index contributed by atoms with van der Waals surface area (Å²) in [6, 6.07) is 0. The molecule has 1 N–H and O–H groups in total. The van der Waals surface area contributed by atoms with E-state index in [1.807, 2.05) is 0 Å². The number of rotatable bonds is 1. The van der Waals surface area contributed by atoms with Crippen molar-refractivity contribution < 1.29 is 9.73 Å². The first-order valence-electron chi connectivity index (χ1n) is 2.30. The Balaban J connectivity index is 2.85. The first kappa shape index (κ1) is 5.74. The smallest absolute Gasteiger partial charge is 0.272 e. The van der Waals surface area contributed by atoms with Crippen LogP contribution in [0.2, 0.25) is 0 Å². The molecule has 0 aliphatic carbocycles. The van der Waals surface area contributed by atoms with E-state index in [0.717, 1.165) is 6.21 Å². The summed E-state index contributed by atoms with van der Waals surface area (Å²) in [6.07, 6.45) is 1.07. The molecule has 9 heavy (non-hydrogen) atoms. The lowest BCUT2D eigenvalue weighted by Gasteiger charge is -1.70. The third kappa shape index (κ3) is 1.25. The molecule has 0 radical (unpaired) electrons. The highest BCUT2D eigenvalue weighted by atomic mass is 16.5. The van der Waals surface area contributed by atoms with Crippen LogP contribution >= 0.6 is 0 Å². The van der Waals surface area contributed by atoms with E-state index in [2.05, 4.69) is 19.8 Å². The van der Waals surface area contributed by atoms with E-state index in [1.54, 1.807) is 6.92 Å². The molecule has 0 aliphatic heterocycles. The second kappa shape index (κ2) is 2.25. The van der Waals surface area contributed by atoms with Crippen LogP contribution in [0.3, 0.4) is 0 Å². The molecule has 0 saturated carbocycles. The van der Waals surface area contributed by atoms with Crippen molar-refractivity contribution in [3.8, 4) is 0 Å². The number of nitrogens with zero attached hydrogens (tertiary/aromatic N) is 3. The minimum absolute atomic E-state index is 0.204. The van der Waals surface area contributed by atoms with Gasteiger partial charge in [-0.15, -0.1) is 0 Å². The predicted molar refractivity (Wildman–Crippen MR) is 28.4 cm³/mol. The van der Waals surface area contributed by atoms with Gasteiger partial charge in [0.15, 0.2) is 5.82 Å². The molecule has 1 aromatic rings. The summed E-state index contributed by atoms with van der Waals surface area (Å²) in [5, 5.41) is 14.1. The van der Waals surface area contributed by atoms with Gasteiger partial charge in [-0.2, -0.15) is 4.98 Å². The largest absolute Gasteiger partial charge is 0.411 e. The molecular weight excluding hydrogens is 122 g/mol. The van der Waals surface area contributed by atoms with E-state index in [0.29, 0.717) is 5.82 Å². The van der Waals surface area contributed by atoms with Crippen LogP contribution in [-0.4, -0.2) is 21.6 Å². The maximum Gasteiger partial charge on any atom is 0.272 e. The summed E-state index contributed by atoms with van der Waals surface area (Å²) >= 11 is 0. The summed E-state index contributed by atoms with van der Waals surface area (Å²) < 4.78 is 4.53. The molecule has 0 aromatic carbocycles. The van der Waals surface area contributed by atoms with E-state index in [4.69, 9.17) is 5.21 Å². The Kier molecular flexibility index (Phi) is 1.44. The lowest BCUT2D eigenvalue weighted by molar-refractivity contribution is 0.319. The van der Waals surface area contributed by atoms with Crippen LogP contribution in [0.25, 0.3) is 0 Å². The second-order valence-electron chi connectivity index (χ2n) is 1.42. The van der Waals surface area contributed by atoms with Crippen LogP contribution in [0.5, 0.6) is 0 Å². The van der Waals surface area contributed by atoms with Gasteiger partial charge in [0.2, 0.25) is 0 Å². The van der Waals surface area contributed by atoms with Crippen molar-refractivity contribution in [1.82, 2.24) is 10.1 Å². The van der Waals surface area contributed by atoms with Gasteiger partial charge in [0, 0.05) is 0 Å². The lowest BCUT2D eigenvalue weighted by Crippen LogP contribution is -1.78. The van der Waals surface area contributed by atoms with Crippen molar-refractivity contribution >= 4 is 6.21 Å². The van der Waals surface area contributed by atoms with Crippen LogP contribution < -0.4 is 0 Å². The summed E-state index contributed by atoms with van der Waals surface area (Å²) in [7, 11) is 0. The van der Waals surface area contributed by atoms with Gasteiger partial charge in [0.1, 0.15) is 6.21 Å². The number of oxime groups is 1. The van der Waals surface area contributed by atoms with Crippen LogP contribution in [-0.2, 0) is 0 Å². The van der Waals surface area contributed by atoms with Gasteiger partial charge in [-0.1, -0.05) is 10.3 Å². The van der Waals surface area contributed by atoms with Crippen LogP contribution in [0.15, 0.2) is 9.68 Å². The fourth-order valence-electron chi connectivity index (χ4n) is 0.415. The quantitative estimate of drug-likeness (QED) is 0.332. The van der Waals surface area contributed by atoms with Gasteiger partial charge >= 0.3 is 0 Å². The van der Waals surface area contributed by atoms with Crippen molar-refractivity contribution in [2.24, 2.45) is 5.16 Å². The Hall–Kier alpha value is -1.39. The monoisotopic (exact) mass is 127 g/mol. The average molecular weight is 127 g/mol. The van der Waals surface area contributed by atoms with Gasteiger partial charge in [-0.05, 0) is 6.92 Å². The second-order valence-corrected chi connectivity index (χ2v) is 1.42. The zero-order valence-electron chi connectivity index (χ0n) is 4.77. The zero-order chi connectivity index (χ0) is 6.69. The maximum absolute atomic E-state index is 7.97. The molecule has 5 nitrogen and oxygen atoms in total. The highest BCUT2D eigenvalue weighted by Gasteiger charge is 1.95. The van der Waals surface area contributed by atoms with Crippen molar-refractivity contribution in [1.29, 1.82) is 0 Å². The maximum atomic E-state index is 7.97. The van der Waals surface area contributed by atoms with E-state index < -0.39 is 0 Å². The highest BCUT2D eigenvalue weighted by molar-refractivity contribution is 5.72. The molecule has 0 fully saturated rings. The number of aromatic nitrogens is 2. The Bertz CT molecular complexity index is 217. The zero-order valence-corrected chi connectivity index (χ0v) is 4.77.